The van der Waals surface area contributed by atoms with Crippen molar-refractivity contribution in [2.75, 3.05) is 6.61 Å². The van der Waals surface area contributed by atoms with E-state index in [4.69, 9.17) is 5.11 Å². The van der Waals surface area contributed by atoms with Crippen LogP contribution < -0.4 is 5.69 Å². The molecule has 0 saturated heterocycles. The van der Waals surface area contributed by atoms with E-state index >= 15 is 0 Å². The normalized spacial score (nSPS) is 12.9. The molecule has 5 heteroatoms. The monoisotopic (exact) mass is 274 g/mol. The molecule has 0 radical (unpaired) electrons. The topological polar surface area (TPSA) is 55.1 Å². The van der Waals surface area contributed by atoms with Crippen LogP contribution >= 0.6 is 15.9 Å². The molecule has 1 aromatic heterocycles. The van der Waals surface area contributed by atoms with Gasteiger partial charge in [-0.25, -0.2) is 4.79 Å². The van der Waals surface area contributed by atoms with Crippen LogP contribution in [0.5, 0.6) is 0 Å². The summed E-state index contributed by atoms with van der Waals surface area (Å²) in [4.78, 5) is 15.5. The summed E-state index contributed by atoms with van der Waals surface area (Å²) in [5.74, 6) is 0.0535. The van der Waals surface area contributed by atoms with E-state index in [0.717, 1.165) is 10.2 Å². The van der Waals surface area contributed by atoms with E-state index in [0.29, 0.717) is 12.2 Å². The third-order valence-electron chi connectivity index (χ3n) is 2.34. The summed E-state index contributed by atoms with van der Waals surface area (Å²) in [5, 5.41) is 8.95. The Labute approximate surface area is 97.1 Å². The lowest BCUT2D eigenvalue weighted by Crippen LogP contribution is -2.29. The number of halogens is 1. The van der Waals surface area contributed by atoms with Gasteiger partial charge in [-0.15, -0.1) is 0 Å². The Balaban J connectivity index is 3.18. The van der Waals surface area contributed by atoms with Crippen LogP contribution in [0.25, 0.3) is 0 Å². The van der Waals surface area contributed by atoms with Crippen LogP contribution in [-0.4, -0.2) is 21.3 Å². The Morgan fingerprint density at radius 2 is 2.13 bits per heavy atom. The van der Waals surface area contributed by atoms with Gasteiger partial charge in [0.1, 0.15) is 0 Å². The van der Waals surface area contributed by atoms with Crippen LogP contribution in [-0.2, 0) is 6.54 Å². The lowest BCUT2D eigenvalue weighted by atomic mass is 10.2. The van der Waals surface area contributed by atoms with Crippen LogP contribution in [0.3, 0.4) is 0 Å². The first-order valence-electron chi connectivity index (χ1n) is 4.81. The maximum Gasteiger partial charge on any atom is 0.348 e. The molecule has 15 heavy (non-hydrogen) atoms. The first-order chi connectivity index (χ1) is 6.97. The van der Waals surface area contributed by atoms with Crippen LogP contribution in [0, 0.1) is 19.8 Å². The molecular formula is C10H15BrN2O2. The Kier molecular flexibility index (Phi) is 4.04. The molecule has 1 aromatic rings. The molecule has 4 nitrogen and oxygen atoms in total. The second kappa shape index (κ2) is 4.90. The van der Waals surface area contributed by atoms with Crippen molar-refractivity contribution in [1.82, 2.24) is 9.55 Å². The third-order valence-corrected chi connectivity index (χ3v) is 3.49. The van der Waals surface area contributed by atoms with Gasteiger partial charge in [-0.05, 0) is 35.7 Å². The van der Waals surface area contributed by atoms with E-state index in [1.807, 2.05) is 13.8 Å². The highest BCUT2D eigenvalue weighted by atomic mass is 79.9. The number of aryl methyl sites for hydroxylation is 1. The predicted octanol–water partition coefficient (Wildman–Crippen LogP) is 1.25. The summed E-state index contributed by atoms with van der Waals surface area (Å²) in [6.07, 6.45) is 0. The van der Waals surface area contributed by atoms with Crippen molar-refractivity contribution in [1.29, 1.82) is 0 Å². The number of nitrogens with zero attached hydrogens (tertiary/aromatic N) is 2. The van der Waals surface area contributed by atoms with Crippen LogP contribution in [0.1, 0.15) is 18.3 Å². The molecule has 1 unspecified atom stereocenters. The van der Waals surface area contributed by atoms with E-state index in [1.165, 1.54) is 0 Å². The molecule has 0 saturated carbocycles. The summed E-state index contributed by atoms with van der Waals surface area (Å²) in [7, 11) is 0. The molecule has 0 bridgehead atoms. The predicted molar refractivity (Wildman–Crippen MR) is 61.9 cm³/mol. The van der Waals surface area contributed by atoms with Crippen molar-refractivity contribution in [2.45, 2.75) is 27.3 Å². The second-order valence-corrected chi connectivity index (χ2v) is 4.57. The lowest BCUT2D eigenvalue weighted by molar-refractivity contribution is 0.220. The number of aliphatic hydroxyl groups excluding tert-OH is 1. The molecule has 1 N–H and O–H groups in total. The Hall–Kier alpha value is -0.680. The fraction of sp³-hybridized carbons (Fsp3) is 0.600. The van der Waals surface area contributed by atoms with Crippen molar-refractivity contribution in [3.63, 3.8) is 0 Å². The van der Waals surface area contributed by atoms with Gasteiger partial charge < -0.3 is 5.11 Å². The van der Waals surface area contributed by atoms with Gasteiger partial charge in [0.25, 0.3) is 0 Å². The Bertz CT molecular complexity index is 415. The number of aliphatic hydroxyl groups is 1. The summed E-state index contributed by atoms with van der Waals surface area (Å²) < 4.78 is 2.44. The van der Waals surface area contributed by atoms with Crippen LogP contribution in [0.4, 0.5) is 0 Å². The quantitative estimate of drug-likeness (QED) is 0.903. The molecule has 1 heterocycles. The van der Waals surface area contributed by atoms with Gasteiger partial charge in [-0.3, -0.25) is 4.57 Å². The van der Waals surface area contributed by atoms with E-state index in [-0.39, 0.29) is 18.2 Å². The Morgan fingerprint density at radius 3 is 2.67 bits per heavy atom. The van der Waals surface area contributed by atoms with E-state index < -0.39 is 0 Å². The first-order valence-corrected chi connectivity index (χ1v) is 5.61. The average molecular weight is 275 g/mol. The number of hydrogen-bond acceptors (Lipinski definition) is 3. The minimum atomic E-state index is -0.256. The molecule has 0 aliphatic carbocycles. The largest absolute Gasteiger partial charge is 0.396 e. The lowest BCUT2D eigenvalue weighted by Gasteiger charge is -2.15. The average Bonchev–Trinajstić information content (AvgIpc) is 2.21. The summed E-state index contributed by atoms with van der Waals surface area (Å²) >= 11 is 3.39. The van der Waals surface area contributed by atoms with Crippen molar-refractivity contribution < 1.29 is 5.11 Å². The van der Waals surface area contributed by atoms with E-state index in [1.54, 1.807) is 11.5 Å². The van der Waals surface area contributed by atoms with Crippen molar-refractivity contribution in [3.8, 4) is 0 Å². The molecule has 0 fully saturated rings. The Morgan fingerprint density at radius 1 is 1.53 bits per heavy atom. The highest BCUT2D eigenvalue weighted by molar-refractivity contribution is 9.10. The van der Waals surface area contributed by atoms with Gasteiger partial charge in [-0.2, -0.15) is 4.98 Å². The highest BCUT2D eigenvalue weighted by Gasteiger charge is 2.11. The number of hydrogen-bond donors (Lipinski definition) is 1. The number of aromatic nitrogens is 2. The molecule has 0 spiro atoms. The fourth-order valence-electron chi connectivity index (χ4n) is 1.36. The maximum atomic E-state index is 11.6. The van der Waals surface area contributed by atoms with Gasteiger partial charge >= 0.3 is 5.69 Å². The smallest absolute Gasteiger partial charge is 0.348 e. The van der Waals surface area contributed by atoms with E-state index in [9.17, 15) is 4.79 Å². The standard InChI is InChI=1S/C10H15BrN2O2/c1-6(5-14)4-13-8(3)9(11)7(2)12-10(13)15/h6,14H,4-5H2,1-3H3. The molecule has 0 aromatic carbocycles. The summed E-state index contributed by atoms with van der Waals surface area (Å²) in [6, 6.07) is 0. The van der Waals surface area contributed by atoms with Gasteiger partial charge in [0.15, 0.2) is 0 Å². The second-order valence-electron chi connectivity index (χ2n) is 3.78. The molecule has 1 rings (SSSR count). The first kappa shape index (κ1) is 12.4. The van der Waals surface area contributed by atoms with Crippen molar-refractivity contribution in [3.05, 3.63) is 26.3 Å². The summed E-state index contributed by atoms with van der Waals surface area (Å²) in [5.41, 5.74) is 1.30. The minimum absolute atomic E-state index is 0.0535. The van der Waals surface area contributed by atoms with Gasteiger partial charge in [0, 0.05) is 18.8 Å². The van der Waals surface area contributed by atoms with Crippen LogP contribution in [0.2, 0.25) is 0 Å². The SMILES string of the molecule is Cc1nc(=O)n(CC(C)CO)c(C)c1Br. The molecule has 84 valence electrons. The van der Waals surface area contributed by atoms with Gasteiger partial charge in [0.2, 0.25) is 0 Å². The zero-order chi connectivity index (χ0) is 11.6. The van der Waals surface area contributed by atoms with Gasteiger partial charge in [0.05, 0.1) is 10.2 Å². The van der Waals surface area contributed by atoms with E-state index in [2.05, 4.69) is 20.9 Å². The molecule has 1 atom stereocenters. The molecule has 0 aliphatic heterocycles. The highest BCUT2D eigenvalue weighted by Crippen LogP contribution is 2.17. The molecular weight excluding hydrogens is 260 g/mol. The van der Waals surface area contributed by atoms with Crippen molar-refractivity contribution >= 4 is 15.9 Å². The zero-order valence-electron chi connectivity index (χ0n) is 9.12. The molecule has 0 aliphatic rings. The number of rotatable bonds is 3. The van der Waals surface area contributed by atoms with Crippen LogP contribution in [0.15, 0.2) is 9.27 Å². The molecule has 0 amide bonds. The maximum absolute atomic E-state index is 11.6. The summed E-state index contributed by atoms with van der Waals surface area (Å²) in [6.45, 7) is 6.10. The third kappa shape index (κ3) is 2.66. The van der Waals surface area contributed by atoms with Gasteiger partial charge in [-0.1, -0.05) is 6.92 Å². The van der Waals surface area contributed by atoms with Crippen molar-refractivity contribution in [2.24, 2.45) is 5.92 Å². The minimum Gasteiger partial charge on any atom is -0.396 e. The fourth-order valence-corrected chi connectivity index (χ4v) is 1.66. The zero-order valence-corrected chi connectivity index (χ0v) is 10.7.